The van der Waals surface area contributed by atoms with Gasteiger partial charge in [0.1, 0.15) is 18.6 Å². The number of carbonyl (C=O) groups is 1. The Morgan fingerprint density at radius 1 is 1.10 bits per heavy atom. The van der Waals surface area contributed by atoms with Crippen molar-refractivity contribution in [1.82, 2.24) is 4.90 Å². The molecule has 1 aromatic heterocycles. The molecule has 110 valence electrons. The molecule has 2 heterocycles. The molecular formula is C16H19BrN3O+. The zero-order chi connectivity index (χ0) is 14.7. The predicted octanol–water partition coefficient (Wildman–Crippen LogP) is 2.09. The molecule has 5 heteroatoms. The van der Waals surface area contributed by atoms with Crippen LogP contribution >= 0.6 is 15.9 Å². The van der Waals surface area contributed by atoms with Crippen molar-refractivity contribution in [1.29, 1.82) is 0 Å². The fourth-order valence-corrected chi connectivity index (χ4v) is 3.06. The van der Waals surface area contributed by atoms with Gasteiger partial charge in [-0.25, -0.2) is 4.98 Å². The quantitative estimate of drug-likeness (QED) is 0.796. The lowest BCUT2D eigenvalue weighted by Crippen LogP contribution is -2.50. The van der Waals surface area contributed by atoms with Crippen molar-refractivity contribution in [2.45, 2.75) is 6.42 Å². The smallest absolute Gasteiger partial charge is 0.274 e. The lowest BCUT2D eigenvalue weighted by molar-refractivity contribution is -0.330. The summed E-state index contributed by atoms with van der Waals surface area (Å²) in [6.07, 6.45) is 0.585. The van der Waals surface area contributed by atoms with Crippen LogP contribution in [0.15, 0.2) is 36.4 Å². The van der Waals surface area contributed by atoms with Crippen molar-refractivity contribution >= 4 is 38.6 Å². The lowest BCUT2D eigenvalue weighted by Gasteiger charge is -2.31. The number of hydrogen-bond donors (Lipinski definition) is 0. The van der Waals surface area contributed by atoms with Crippen LogP contribution in [-0.4, -0.2) is 42.3 Å². The molecule has 1 amide bonds. The maximum Gasteiger partial charge on any atom is 0.274 e. The Bertz CT molecular complexity index is 638. The predicted molar refractivity (Wildman–Crippen MR) is 87.7 cm³/mol. The summed E-state index contributed by atoms with van der Waals surface area (Å²) >= 11 is 3.33. The number of aromatic amines is 1. The minimum absolute atomic E-state index is 0.244. The Morgan fingerprint density at radius 2 is 1.86 bits per heavy atom. The first-order chi connectivity index (χ1) is 10.3. The van der Waals surface area contributed by atoms with Crippen LogP contribution < -0.4 is 9.88 Å². The number of anilines is 1. The molecule has 0 bridgehead atoms. The largest absolute Gasteiger partial charge is 0.335 e. The molecule has 1 fully saturated rings. The van der Waals surface area contributed by atoms with Crippen molar-refractivity contribution in [2.75, 3.05) is 36.4 Å². The first kappa shape index (κ1) is 14.3. The normalized spacial score (nSPS) is 15.5. The standard InChI is InChI=1S/C16H18BrN3O/c17-8-7-16(21)20-11-9-19(10-12-20)15-6-5-13-3-1-2-4-14(13)18-15/h1-6H,7-12H2/p+1. The molecule has 2 aromatic rings. The molecule has 0 spiro atoms. The van der Waals surface area contributed by atoms with Crippen LogP contribution in [0.25, 0.3) is 10.9 Å². The maximum absolute atomic E-state index is 11.9. The van der Waals surface area contributed by atoms with E-state index < -0.39 is 0 Å². The maximum atomic E-state index is 11.9. The second-order valence-corrected chi connectivity index (χ2v) is 6.03. The van der Waals surface area contributed by atoms with Gasteiger partial charge in [0.15, 0.2) is 0 Å². The Morgan fingerprint density at radius 3 is 2.62 bits per heavy atom. The van der Waals surface area contributed by atoms with E-state index in [1.165, 1.54) is 5.39 Å². The summed E-state index contributed by atoms with van der Waals surface area (Å²) in [5, 5.41) is 1.96. The minimum atomic E-state index is 0.244. The zero-order valence-electron chi connectivity index (χ0n) is 11.9. The van der Waals surface area contributed by atoms with Crippen LogP contribution in [0.5, 0.6) is 0 Å². The summed E-state index contributed by atoms with van der Waals surface area (Å²) in [5.74, 6) is 1.37. The lowest BCUT2D eigenvalue weighted by atomic mass is 10.2. The van der Waals surface area contributed by atoms with Gasteiger partial charge < -0.3 is 4.90 Å². The molecule has 1 aromatic carbocycles. The first-order valence-electron chi connectivity index (χ1n) is 7.28. The van der Waals surface area contributed by atoms with Gasteiger partial charge in [-0.15, -0.1) is 0 Å². The van der Waals surface area contributed by atoms with Crippen molar-refractivity contribution < 1.29 is 9.78 Å². The monoisotopic (exact) mass is 348 g/mol. The van der Waals surface area contributed by atoms with E-state index in [0.717, 1.165) is 42.8 Å². The third kappa shape index (κ3) is 3.18. The molecule has 1 aliphatic rings. The number of H-pyrrole nitrogens is 1. The molecule has 0 unspecified atom stereocenters. The van der Waals surface area contributed by atoms with E-state index >= 15 is 0 Å². The number of hydrogen-bond acceptors (Lipinski definition) is 2. The minimum Gasteiger partial charge on any atom is -0.335 e. The number of fused-ring (bicyclic) bond motifs is 1. The number of para-hydroxylation sites is 1. The van der Waals surface area contributed by atoms with Gasteiger partial charge in [0.2, 0.25) is 5.91 Å². The van der Waals surface area contributed by atoms with Gasteiger partial charge in [0.05, 0.1) is 13.1 Å². The average molecular weight is 349 g/mol. The number of halogens is 1. The molecule has 1 saturated heterocycles. The van der Waals surface area contributed by atoms with Gasteiger partial charge in [-0.05, 0) is 12.1 Å². The number of amides is 1. The van der Waals surface area contributed by atoms with Crippen LogP contribution in [-0.2, 0) is 4.79 Å². The van der Waals surface area contributed by atoms with E-state index in [4.69, 9.17) is 0 Å². The molecule has 0 atom stereocenters. The molecule has 3 rings (SSSR count). The Labute approximate surface area is 132 Å². The molecule has 1 N–H and O–H groups in total. The van der Waals surface area contributed by atoms with Gasteiger partial charge in [-0.1, -0.05) is 34.1 Å². The highest BCUT2D eigenvalue weighted by molar-refractivity contribution is 9.09. The highest BCUT2D eigenvalue weighted by atomic mass is 79.9. The molecule has 4 nitrogen and oxygen atoms in total. The van der Waals surface area contributed by atoms with Crippen LogP contribution in [0.3, 0.4) is 0 Å². The number of rotatable bonds is 3. The van der Waals surface area contributed by atoms with E-state index in [-0.39, 0.29) is 5.91 Å². The second kappa shape index (κ2) is 6.43. The molecular weight excluding hydrogens is 330 g/mol. The van der Waals surface area contributed by atoms with Crippen molar-refractivity contribution in [2.24, 2.45) is 0 Å². The van der Waals surface area contributed by atoms with Crippen molar-refractivity contribution in [3.05, 3.63) is 36.4 Å². The first-order valence-corrected chi connectivity index (χ1v) is 8.40. The molecule has 1 aliphatic heterocycles. The third-order valence-electron chi connectivity index (χ3n) is 3.93. The van der Waals surface area contributed by atoms with Gasteiger partial charge in [-0.2, -0.15) is 0 Å². The number of pyridine rings is 1. The number of alkyl halides is 1. The summed E-state index contributed by atoms with van der Waals surface area (Å²) < 4.78 is 0. The third-order valence-corrected chi connectivity index (χ3v) is 4.32. The fourth-order valence-electron chi connectivity index (χ4n) is 2.72. The van der Waals surface area contributed by atoms with Gasteiger partial charge >= 0.3 is 0 Å². The SMILES string of the molecule is O=C(CCBr)N1CCN(c2ccc3ccccc3[nH+]2)CC1. The fraction of sp³-hybridized carbons (Fsp3) is 0.375. The zero-order valence-corrected chi connectivity index (χ0v) is 13.5. The Kier molecular flexibility index (Phi) is 4.39. The molecule has 0 radical (unpaired) electrons. The van der Waals surface area contributed by atoms with Crippen LogP contribution in [0, 0.1) is 0 Å². The highest BCUT2D eigenvalue weighted by Gasteiger charge is 2.25. The number of piperazine rings is 1. The number of carbonyl (C=O) groups excluding carboxylic acids is 1. The van der Waals surface area contributed by atoms with E-state index in [0.29, 0.717) is 6.42 Å². The summed E-state index contributed by atoms with van der Waals surface area (Å²) in [6.45, 7) is 3.35. The number of benzene rings is 1. The Balaban J connectivity index is 1.69. The molecule has 0 saturated carbocycles. The van der Waals surface area contributed by atoms with Gasteiger partial charge in [-0.3, -0.25) is 9.69 Å². The van der Waals surface area contributed by atoms with E-state index in [2.05, 4.69) is 50.1 Å². The second-order valence-electron chi connectivity index (χ2n) is 5.24. The molecule has 21 heavy (non-hydrogen) atoms. The Hall–Kier alpha value is -1.62. The van der Waals surface area contributed by atoms with Crippen molar-refractivity contribution in [3.8, 4) is 0 Å². The van der Waals surface area contributed by atoms with E-state index in [1.54, 1.807) is 0 Å². The summed E-state index contributed by atoms with van der Waals surface area (Å²) in [4.78, 5) is 19.6. The van der Waals surface area contributed by atoms with Gasteiger partial charge in [0, 0.05) is 23.2 Å². The molecule has 0 aliphatic carbocycles. The average Bonchev–Trinajstić information content (AvgIpc) is 2.55. The van der Waals surface area contributed by atoms with E-state index in [9.17, 15) is 4.79 Å². The van der Waals surface area contributed by atoms with Crippen LogP contribution in [0.1, 0.15) is 6.42 Å². The number of nitrogens with one attached hydrogen (secondary N) is 1. The van der Waals surface area contributed by atoms with Gasteiger partial charge in [0.25, 0.3) is 5.82 Å². The summed E-state index contributed by atoms with van der Waals surface area (Å²) in [6, 6.07) is 12.5. The number of nitrogens with zero attached hydrogens (tertiary/aromatic N) is 2. The summed E-state index contributed by atoms with van der Waals surface area (Å²) in [7, 11) is 0. The van der Waals surface area contributed by atoms with E-state index in [1.807, 2.05) is 17.0 Å². The van der Waals surface area contributed by atoms with Crippen molar-refractivity contribution in [3.63, 3.8) is 0 Å². The van der Waals surface area contributed by atoms with Crippen LogP contribution in [0.4, 0.5) is 5.82 Å². The summed E-state index contributed by atoms with van der Waals surface area (Å²) in [5.41, 5.74) is 1.15. The highest BCUT2D eigenvalue weighted by Crippen LogP contribution is 2.15. The number of aromatic nitrogens is 1. The topological polar surface area (TPSA) is 37.7 Å². The van der Waals surface area contributed by atoms with Crippen LogP contribution in [0.2, 0.25) is 0 Å².